The number of methoxy groups -OCH3 is 1. The highest BCUT2D eigenvalue weighted by atomic mass is 32.2. The van der Waals surface area contributed by atoms with Crippen molar-refractivity contribution in [3.8, 4) is 5.75 Å². The van der Waals surface area contributed by atoms with Crippen LogP contribution in [-0.4, -0.2) is 27.5 Å². The molecule has 0 aromatic heterocycles. The summed E-state index contributed by atoms with van der Waals surface area (Å²) in [6.07, 6.45) is 1.61. The van der Waals surface area contributed by atoms with E-state index in [0.717, 1.165) is 39.1 Å². The lowest BCUT2D eigenvalue weighted by Gasteiger charge is -2.48. The number of Topliss-reactive ketones (excluding diaryl/α,β-unsaturated/α-hetero) is 1. The van der Waals surface area contributed by atoms with E-state index in [-0.39, 0.29) is 10.7 Å². The topological polar surface area (TPSA) is 76.0 Å². The molecule has 238 valence electrons. The van der Waals surface area contributed by atoms with Crippen LogP contribution in [0.4, 0.5) is 5.69 Å². The molecule has 7 heteroatoms. The molecular formula is C40H38N2O4S. The number of hydrogen-bond acceptors (Lipinski definition) is 5. The van der Waals surface area contributed by atoms with E-state index in [1.807, 2.05) is 55.5 Å². The molecule has 47 heavy (non-hydrogen) atoms. The molecule has 0 fully saturated rings. The van der Waals surface area contributed by atoms with Crippen LogP contribution in [0.25, 0.3) is 0 Å². The number of hydrogen-bond donors (Lipinski definition) is 0. The number of anilines is 1. The molecule has 5 aromatic rings. The number of sulfonamides is 1. The third kappa shape index (κ3) is 5.55. The highest BCUT2D eigenvalue weighted by Crippen LogP contribution is 2.60. The number of carbonyl (C=O) groups excluding carboxylic acids is 1. The lowest BCUT2D eigenvalue weighted by atomic mass is 9.62. The fourth-order valence-electron chi connectivity index (χ4n) is 6.77. The van der Waals surface area contributed by atoms with E-state index < -0.39 is 21.0 Å². The highest BCUT2D eigenvalue weighted by molar-refractivity contribution is 7.90. The molecule has 6 rings (SSSR count). The molecule has 0 saturated carbocycles. The number of nitrogens with zero attached hydrogens (tertiary/aromatic N) is 2. The summed E-state index contributed by atoms with van der Waals surface area (Å²) < 4.78 is 38.2. The van der Waals surface area contributed by atoms with Gasteiger partial charge < -0.3 is 9.64 Å². The quantitative estimate of drug-likeness (QED) is 0.120. The molecule has 1 aliphatic heterocycles. The molecule has 0 aliphatic carbocycles. The van der Waals surface area contributed by atoms with Crippen molar-refractivity contribution in [2.24, 2.45) is 4.40 Å². The van der Waals surface area contributed by atoms with Crippen molar-refractivity contribution in [1.29, 1.82) is 0 Å². The molecule has 1 aliphatic rings. The summed E-state index contributed by atoms with van der Waals surface area (Å²) >= 11 is 0. The molecule has 5 aromatic carbocycles. The number of ketones is 1. The van der Waals surface area contributed by atoms with Crippen LogP contribution in [0.15, 0.2) is 131 Å². The average Bonchev–Trinajstić information content (AvgIpc) is 3.29. The normalized spacial score (nSPS) is 19.1. The number of fused-ring (bicyclic) bond motifs is 1. The van der Waals surface area contributed by atoms with Gasteiger partial charge in [0.05, 0.1) is 17.4 Å². The molecule has 0 saturated heterocycles. The number of aryl methyl sites for hydroxylation is 2. The fourth-order valence-corrected chi connectivity index (χ4v) is 7.66. The summed E-state index contributed by atoms with van der Waals surface area (Å²) in [5.74, 6) is 0.635. The van der Waals surface area contributed by atoms with Gasteiger partial charge in [0.2, 0.25) is 0 Å². The number of benzene rings is 5. The van der Waals surface area contributed by atoms with Crippen molar-refractivity contribution in [2.45, 2.75) is 50.1 Å². The highest BCUT2D eigenvalue weighted by Gasteiger charge is 2.61. The zero-order valence-corrected chi connectivity index (χ0v) is 28.1. The molecule has 0 N–H and O–H groups in total. The fraction of sp³-hybridized carbons (Fsp3) is 0.200. The van der Waals surface area contributed by atoms with E-state index in [1.165, 1.54) is 6.92 Å². The molecule has 1 heterocycles. The van der Waals surface area contributed by atoms with Crippen LogP contribution < -0.4 is 9.64 Å². The van der Waals surface area contributed by atoms with Crippen molar-refractivity contribution in [3.63, 3.8) is 0 Å². The van der Waals surface area contributed by atoms with Crippen molar-refractivity contribution < 1.29 is 17.9 Å². The van der Waals surface area contributed by atoms with Gasteiger partial charge in [-0.1, -0.05) is 102 Å². The first-order chi connectivity index (χ1) is 22.5. The van der Waals surface area contributed by atoms with Gasteiger partial charge in [0.15, 0.2) is 5.78 Å². The number of rotatable bonds is 9. The van der Waals surface area contributed by atoms with Gasteiger partial charge in [0, 0.05) is 24.0 Å². The van der Waals surface area contributed by atoms with Gasteiger partial charge in [-0.15, -0.1) is 0 Å². The van der Waals surface area contributed by atoms with Gasteiger partial charge in [-0.25, -0.2) is 0 Å². The first-order valence-electron chi connectivity index (χ1n) is 15.6. The Morgan fingerprint density at radius 2 is 1.43 bits per heavy atom. The summed E-state index contributed by atoms with van der Waals surface area (Å²) in [5.41, 5.74) is 5.30. The van der Waals surface area contributed by atoms with Crippen LogP contribution in [0.3, 0.4) is 0 Å². The van der Waals surface area contributed by atoms with E-state index in [1.54, 1.807) is 49.7 Å². The Kier molecular flexibility index (Phi) is 8.36. The summed E-state index contributed by atoms with van der Waals surface area (Å²) in [5, 5.41) is 0. The van der Waals surface area contributed by atoms with Crippen LogP contribution >= 0.6 is 0 Å². The second kappa shape index (κ2) is 12.3. The van der Waals surface area contributed by atoms with Gasteiger partial charge in [-0.3, -0.25) is 4.79 Å². The maximum Gasteiger partial charge on any atom is 0.282 e. The molecule has 2 atom stereocenters. The summed E-state index contributed by atoms with van der Waals surface area (Å²) in [6, 6.07) is 38.6. The minimum atomic E-state index is -4.10. The lowest BCUT2D eigenvalue weighted by Crippen LogP contribution is -2.56. The molecule has 0 unspecified atom stereocenters. The van der Waals surface area contributed by atoms with Crippen LogP contribution in [0.1, 0.15) is 57.6 Å². The molecule has 0 spiro atoms. The van der Waals surface area contributed by atoms with Crippen LogP contribution in [-0.2, 0) is 27.5 Å². The van der Waals surface area contributed by atoms with E-state index in [2.05, 4.69) is 59.5 Å². The Balaban J connectivity index is 1.71. The predicted molar refractivity (Wildman–Crippen MR) is 188 cm³/mol. The SMILES string of the molecule is COc1ccc2c(c1)[C@@](C)(c1ccccc1)[C@@](/C=N/S(=O)(=O)c1ccc(C)cc1)(c1ccc(C(C)=O)cc1)N2Cc1ccc(C)cc1. The third-order valence-electron chi connectivity index (χ3n) is 9.46. The third-order valence-corrected chi connectivity index (χ3v) is 10.7. The summed E-state index contributed by atoms with van der Waals surface area (Å²) in [6.45, 7) is 8.09. The molecular weight excluding hydrogens is 605 g/mol. The van der Waals surface area contributed by atoms with Gasteiger partial charge in [-0.2, -0.15) is 12.8 Å². The largest absolute Gasteiger partial charge is 0.497 e. The Labute approximate surface area is 277 Å². The van der Waals surface area contributed by atoms with Gasteiger partial charge in [0.1, 0.15) is 11.3 Å². The van der Waals surface area contributed by atoms with Crippen molar-refractivity contribution in [3.05, 3.63) is 160 Å². The zero-order chi connectivity index (χ0) is 33.4. The van der Waals surface area contributed by atoms with Crippen LogP contribution in [0.5, 0.6) is 5.75 Å². The maximum atomic E-state index is 14.0. The zero-order valence-electron chi connectivity index (χ0n) is 27.3. The van der Waals surface area contributed by atoms with Crippen LogP contribution in [0.2, 0.25) is 0 Å². The predicted octanol–water partition coefficient (Wildman–Crippen LogP) is 8.20. The van der Waals surface area contributed by atoms with Gasteiger partial charge in [-0.05, 0) is 80.3 Å². The van der Waals surface area contributed by atoms with Crippen molar-refractivity contribution >= 4 is 27.7 Å². The van der Waals surface area contributed by atoms with Crippen LogP contribution in [0, 0.1) is 13.8 Å². The summed E-state index contributed by atoms with van der Waals surface area (Å²) in [4.78, 5) is 14.8. The van der Waals surface area contributed by atoms with Gasteiger partial charge in [0.25, 0.3) is 10.0 Å². The minimum absolute atomic E-state index is 0.0528. The second-order valence-corrected chi connectivity index (χ2v) is 14.0. The smallest absolute Gasteiger partial charge is 0.282 e. The molecule has 0 amide bonds. The average molecular weight is 643 g/mol. The van der Waals surface area contributed by atoms with E-state index in [4.69, 9.17) is 4.74 Å². The Hall–Kier alpha value is -5.01. The van der Waals surface area contributed by atoms with E-state index in [0.29, 0.717) is 17.9 Å². The second-order valence-electron chi connectivity index (χ2n) is 12.4. The van der Waals surface area contributed by atoms with E-state index >= 15 is 0 Å². The molecule has 0 radical (unpaired) electrons. The van der Waals surface area contributed by atoms with Gasteiger partial charge >= 0.3 is 0 Å². The first-order valence-corrected chi connectivity index (χ1v) is 17.0. The van der Waals surface area contributed by atoms with E-state index in [9.17, 15) is 13.2 Å². The standard InChI is InChI=1S/C40H38N2O4S/c1-28-11-15-31(16-12-28)26-42-38-24-21-35(46-5)25-37(38)39(4,33-9-7-6-8-10-33)40(42,34-19-17-32(18-20-34)30(3)43)27-41-47(44,45)36-22-13-29(2)14-23-36/h6-25,27H,26H2,1-5H3/b41-27+/t39-,40-/m1/s1. The lowest BCUT2D eigenvalue weighted by molar-refractivity contribution is 0.101. The Morgan fingerprint density at radius 1 is 0.809 bits per heavy atom. The van der Waals surface area contributed by atoms with Crippen molar-refractivity contribution in [1.82, 2.24) is 0 Å². The monoisotopic (exact) mass is 642 g/mol. The Morgan fingerprint density at radius 3 is 2.02 bits per heavy atom. The minimum Gasteiger partial charge on any atom is -0.497 e. The number of carbonyl (C=O) groups is 1. The Bertz CT molecular complexity index is 2060. The first kappa shape index (κ1) is 32.0. The molecule has 0 bridgehead atoms. The number of ether oxygens (including phenoxy) is 1. The maximum absolute atomic E-state index is 14.0. The summed E-state index contributed by atoms with van der Waals surface area (Å²) in [7, 11) is -2.46. The molecule has 6 nitrogen and oxygen atoms in total. The van der Waals surface area contributed by atoms with Crippen molar-refractivity contribution in [2.75, 3.05) is 12.0 Å².